The summed E-state index contributed by atoms with van der Waals surface area (Å²) in [6, 6.07) is 11.4. The molecule has 3 unspecified atom stereocenters. The van der Waals surface area contributed by atoms with Gasteiger partial charge in [-0.3, -0.25) is 4.90 Å². The van der Waals surface area contributed by atoms with Crippen molar-refractivity contribution in [1.82, 2.24) is 4.90 Å². The molecule has 1 aromatic rings. The molecule has 0 aromatic heterocycles. The number of hydrogen-bond donors (Lipinski definition) is 3. The zero-order chi connectivity index (χ0) is 16.3. The number of hydrogen-bond acceptors (Lipinski definition) is 4. The van der Waals surface area contributed by atoms with Crippen LogP contribution in [0.15, 0.2) is 30.3 Å². The van der Waals surface area contributed by atoms with E-state index in [1.54, 1.807) is 0 Å². The van der Waals surface area contributed by atoms with Crippen LogP contribution >= 0.6 is 12.6 Å². The third-order valence-electron chi connectivity index (χ3n) is 3.72. The second-order valence-electron chi connectivity index (χ2n) is 5.33. The van der Waals surface area contributed by atoms with E-state index in [1.807, 2.05) is 0 Å². The first-order valence-electron chi connectivity index (χ1n) is 7.66. The average Bonchev–Trinajstić information content (AvgIpc) is 2.55. The van der Waals surface area contributed by atoms with E-state index in [-0.39, 0.29) is 6.61 Å². The van der Waals surface area contributed by atoms with Crippen LogP contribution in [0.5, 0.6) is 0 Å². The summed E-state index contributed by atoms with van der Waals surface area (Å²) in [5.41, 5.74) is 1.44. The highest BCUT2D eigenvalue weighted by Crippen LogP contribution is 2.29. The van der Waals surface area contributed by atoms with Crippen molar-refractivity contribution < 1.29 is 10.2 Å². The fourth-order valence-electron chi connectivity index (χ4n) is 2.15. The van der Waals surface area contributed by atoms with E-state index in [0.29, 0.717) is 17.7 Å². The van der Waals surface area contributed by atoms with Crippen molar-refractivity contribution >= 4 is 12.6 Å². The van der Waals surface area contributed by atoms with Gasteiger partial charge >= 0.3 is 0 Å². The van der Waals surface area contributed by atoms with Crippen molar-refractivity contribution in [3.8, 4) is 0 Å². The fraction of sp³-hybridized carbons (Fsp3) is 0.647. The van der Waals surface area contributed by atoms with Gasteiger partial charge in [0, 0.05) is 11.8 Å². The molecular weight excluding hydrogens is 282 g/mol. The van der Waals surface area contributed by atoms with Crippen LogP contribution in [0.4, 0.5) is 0 Å². The summed E-state index contributed by atoms with van der Waals surface area (Å²) in [6.07, 6.45) is 0.581. The number of benzene rings is 1. The van der Waals surface area contributed by atoms with Crippen LogP contribution in [-0.2, 0) is 0 Å². The van der Waals surface area contributed by atoms with Crippen LogP contribution in [0.3, 0.4) is 0 Å². The topological polar surface area (TPSA) is 43.7 Å². The van der Waals surface area contributed by atoms with E-state index < -0.39 is 6.10 Å². The van der Waals surface area contributed by atoms with E-state index in [0.717, 1.165) is 6.54 Å². The van der Waals surface area contributed by atoms with Crippen molar-refractivity contribution in [2.75, 3.05) is 26.0 Å². The summed E-state index contributed by atoms with van der Waals surface area (Å²) in [7, 11) is 2.21. The van der Waals surface area contributed by atoms with Crippen LogP contribution in [0.25, 0.3) is 0 Å². The first-order valence-corrected chi connectivity index (χ1v) is 8.29. The highest BCUT2D eigenvalue weighted by molar-refractivity contribution is 7.80. The second kappa shape index (κ2) is 12.0. The molecule has 3 nitrogen and oxygen atoms in total. The lowest BCUT2D eigenvalue weighted by atomic mass is 9.91. The van der Waals surface area contributed by atoms with E-state index in [9.17, 15) is 0 Å². The quantitative estimate of drug-likeness (QED) is 0.678. The van der Waals surface area contributed by atoms with Crippen molar-refractivity contribution in [2.45, 2.75) is 39.3 Å². The molecule has 0 saturated carbocycles. The lowest BCUT2D eigenvalue weighted by Crippen LogP contribution is -2.29. The van der Waals surface area contributed by atoms with Gasteiger partial charge in [-0.2, -0.15) is 12.6 Å². The van der Waals surface area contributed by atoms with Crippen LogP contribution in [0.1, 0.15) is 38.8 Å². The van der Waals surface area contributed by atoms with Crippen LogP contribution in [0.2, 0.25) is 0 Å². The van der Waals surface area contributed by atoms with Crippen molar-refractivity contribution in [2.24, 2.45) is 5.92 Å². The zero-order valence-corrected chi connectivity index (χ0v) is 14.6. The fourth-order valence-corrected chi connectivity index (χ4v) is 2.26. The molecule has 1 rings (SSSR count). The summed E-state index contributed by atoms with van der Waals surface area (Å²) < 4.78 is 0. The summed E-state index contributed by atoms with van der Waals surface area (Å²) in [5.74, 6) is 1.04. The van der Waals surface area contributed by atoms with Crippen LogP contribution in [-0.4, -0.2) is 47.2 Å². The second-order valence-corrected chi connectivity index (χ2v) is 5.70. The van der Waals surface area contributed by atoms with Gasteiger partial charge in [-0.25, -0.2) is 0 Å². The summed E-state index contributed by atoms with van der Waals surface area (Å²) in [5, 5.41) is 16.4. The Morgan fingerprint density at radius 2 is 1.76 bits per heavy atom. The predicted octanol–water partition coefficient (Wildman–Crippen LogP) is 2.99. The lowest BCUT2D eigenvalue weighted by Gasteiger charge is -2.32. The number of rotatable bonds is 7. The molecule has 0 heterocycles. The normalized spacial score (nSPS) is 15.0. The van der Waals surface area contributed by atoms with Gasteiger partial charge in [-0.15, -0.1) is 0 Å². The third kappa shape index (κ3) is 7.86. The van der Waals surface area contributed by atoms with Gasteiger partial charge in [-0.1, -0.05) is 57.5 Å². The molecule has 122 valence electrons. The highest BCUT2D eigenvalue weighted by Gasteiger charge is 2.20. The van der Waals surface area contributed by atoms with Crippen LogP contribution < -0.4 is 0 Å². The molecule has 0 aliphatic rings. The molecule has 0 fully saturated rings. The zero-order valence-electron chi connectivity index (χ0n) is 13.7. The molecule has 0 aliphatic carbocycles. The summed E-state index contributed by atoms with van der Waals surface area (Å²) >= 11 is 3.69. The molecule has 4 heteroatoms. The van der Waals surface area contributed by atoms with Gasteiger partial charge in [0.1, 0.15) is 0 Å². The average molecular weight is 314 g/mol. The smallest absolute Gasteiger partial charge is 0.0858 e. The first-order chi connectivity index (χ1) is 10.0. The van der Waals surface area contributed by atoms with E-state index in [1.165, 1.54) is 12.0 Å². The Bertz CT molecular complexity index is 334. The maximum atomic E-state index is 8.34. The molecule has 0 bridgehead atoms. The van der Waals surface area contributed by atoms with Gasteiger partial charge in [-0.05, 0) is 25.1 Å². The Morgan fingerprint density at radius 3 is 2.10 bits per heavy atom. The molecule has 0 amide bonds. The number of nitrogens with zero attached hydrogens (tertiary/aromatic N) is 1. The molecule has 1 aromatic carbocycles. The monoisotopic (exact) mass is 313 g/mol. The molecule has 0 aliphatic heterocycles. The highest BCUT2D eigenvalue weighted by atomic mass is 32.1. The van der Waals surface area contributed by atoms with Gasteiger partial charge in [0.25, 0.3) is 0 Å². The molecule has 0 saturated heterocycles. The maximum absolute atomic E-state index is 8.34. The standard InChI is InChI=1S/C14H23N.C3H8O2S/c1-5-12(3)14(15(4)6-2)13-10-8-7-9-11-13;4-1-3(5)2-6/h7-12,14H,5-6H2,1-4H3;3-6H,1-2H2. The van der Waals surface area contributed by atoms with Crippen LogP contribution in [0, 0.1) is 5.92 Å². The Hall–Kier alpha value is -0.550. The van der Waals surface area contributed by atoms with E-state index in [4.69, 9.17) is 10.2 Å². The van der Waals surface area contributed by atoms with Gasteiger partial charge < -0.3 is 10.2 Å². The van der Waals surface area contributed by atoms with Gasteiger partial charge in [0.05, 0.1) is 12.7 Å². The SMILES string of the molecule is CCC(C)C(c1ccccc1)N(C)CC.OCC(O)CS. The number of aliphatic hydroxyl groups excluding tert-OH is 2. The molecule has 2 N–H and O–H groups in total. The largest absolute Gasteiger partial charge is 0.394 e. The van der Waals surface area contributed by atoms with Crippen molar-refractivity contribution in [3.63, 3.8) is 0 Å². The Balaban J connectivity index is 0.000000567. The lowest BCUT2D eigenvalue weighted by molar-refractivity contribution is 0.114. The minimum Gasteiger partial charge on any atom is -0.394 e. The molecule has 3 atom stereocenters. The molecular formula is C17H31NO2S. The Morgan fingerprint density at radius 1 is 1.19 bits per heavy atom. The predicted molar refractivity (Wildman–Crippen MR) is 93.9 cm³/mol. The molecule has 0 spiro atoms. The van der Waals surface area contributed by atoms with Crippen molar-refractivity contribution in [1.29, 1.82) is 0 Å². The minimum absolute atomic E-state index is 0.191. The summed E-state index contributed by atoms with van der Waals surface area (Å²) in [6.45, 7) is 7.74. The van der Waals surface area contributed by atoms with Gasteiger partial charge in [0.2, 0.25) is 0 Å². The summed E-state index contributed by atoms with van der Waals surface area (Å²) in [4.78, 5) is 2.43. The Labute approximate surface area is 135 Å². The maximum Gasteiger partial charge on any atom is 0.0858 e. The Kier molecular flexibility index (Phi) is 11.7. The molecule has 0 radical (unpaired) electrons. The third-order valence-corrected chi connectivity index (χ3v) is 4.14. The van der Waals surface area contributed by atoms with Crippen molar-refractivity contribution in [3.05, 3.63) is 35.9 Å². The minimum atomic E-state index is -0.645. The van der Waals surface area contributed by atoms with E-state index in [2.05, 4.69) is 75.7 Å². The van der Waals surface area contributed by atoms with Gasteiger partial charge in [0.15, 0.2) is 0 Å². The number of thiol groups is 1. The van der Waals surface area contributed by atoms with E-state index >= 15 is 0 Å². The number of aliphatic hydroxyl groups is 2. The molecule has 21 heavy (non-hydrogen) atoms. The first kappa shape index (κ1) is 20.5.